The molecule has 0 fully saturated rings. The number of ether oxygens (including phenoxy) is 2. The van der Waals surface area contributed by atoms with Gasteiger partial charge >= 0.3 is 19.8 Å². The van der Waals surface area contributed by atoms with Crippen molar-refractivity contribution in [1.82, 2.24) is 0 Å². The number of nitrogens with two attached hydrogens (primary N) is 1. The lowest BCUT2D eigenvalue weighted by molar-refractivity contribution is -0.161. The highest BCUT2D eigenvalue weighted by atomic mass is 31.2. The highest BCUT2D eigenvalue weighted by Gasteiger charge is 2.26. The van der Waals surface area contributed by atoms with E-state index in [-0.39, 0.29) is 51.9 Å². The Labute approximate surface area is 356 Å². The van der Waals surface area contributed by atoms with Crippen LogP contribution in [0.4, 0.5) is 0 Å². The fourth-order valence-electron chi connectivity index (χ4n) is 5.29. The Bertz CT molecular complexity index is 1320. The Morgan fingerprint density at radius 2 is 1.10 bits per heavy atom. The molecule has 0 radical (unpaired) electrons. The van der Waals surface area contributed by atoms with Gasteiger partial charge in [0.1, 0.15) is 6.61 Å². The van der Waals surface area contributed by atoms with Gasteiger partial charge in [-0.3, -0.25) is 18.6 Å². The summed E-state index contributed by atoms with van der Waals surface area (Å²) in [4.78, 5) is 34.9. The van der Waals surface area contributed by atoms with Crippen molar-refractivity contribution >= 4 is 19.8 Å². The van der Waals surface area contributed by atoms with Crippen LogP contribution in [-0.4, -0.2) is 71.7 Å². The van der Waals surface area contributed by atoms with E-state index in [1.165, 1.54) is 25.7 Å². The molecule has 0 aliphatic heterocycles. The van der Waals surface area contributed by atoms with Gasteiger partial charge in [0, 0.05) is 19.4 Å². The van der Waals surface area contributed by atoms with Crippen molar-refractivity contribution in [3.05, 3.63) is 97.2 Å². The number of aliphatic hydroxyl groups is 2. The summed E-state index contributed by atoms with van der Waals surface area (Å²) in [6, 6.07) is 0. The minimum absolute atomic E-state index is 0.00249. The van der Waals surface area contributed by atoms with Gasteiger partial charge in [-0.05, 0) is 96.3 Å². The molecule has 0 heterocycles. The molecule has 0 aromatic rings. The van der Waals surface area contributed by atoms with Gasteiger partial charge in [0.15, 0.2) is 6.10 Å². The van der Waals surface area contributed by atoms with Crippen LogP contribution in [0.1, 0.15) is 142 Å². The van der Waals surface area contributed by atoms with Crippen LogP contribution >= 0.6 is 7.82 Å². The van der Waals surface area contributed by atoms with Crippen molar-refractivity contribution in [2.75, 3.05) is 26.4 Å². The number of aliphatic hydroxyl groups excluding tert-OH is 2. The molecule has 0 aromatic heterocycles. The Morgan fingerprint density at radius 1 is 0.593 bits per heavy atom. The number of carbonyl (C=O) groups is 2. The van der Waals surface area contributed by atoms with Crippen LogP contribution < -0.4 is 5.73 Å². The largest absolute Gasteiger partial charge is 0.472 e. The smallest absolute Gasteiger partial charge is 0.462 e. The van der Waals surface area contributed by atoms with Crippen molar-refractivity contribution in [3.8, 4) is 0 Å². The molecule has 0 aliphatic carbocycles. The summed E-state index contributed by atoms with van der Waals surface area (Å²) >= 11 is 0. The zero-order valence-corrected chi connectivity index (χ0v) is 37.1. The monoisotopic (exact) mass is 848 g/mol. The summed E-state index contributed by atoms with van der Waals surface area (Å²) in [6.45, 7) is 3.18. The summed E-state index contributed by atoms with van der Waals surface area (Å²) < 4.78 is 32.5. The van der Waals surface area contributed by atoms with E-state index in [0.29, 0.717) is 6.42 Å². The standard InChI is InChI=1S/C47H78NO10P/c1-3-5-7-9-11-13-15-17-18-19-20-21-22-23-25-27-29-31-33-37-46(51)55-41-43(42-57-59(53,54)56-40-39-48)58-47(52)38-34-36-45(50)44(49)35-32-30-28-26-24-16-14-12-10-8-6-4-2/h6,8,11-14,17-18,20-21,23-26,30,32,43-45,49-50H,3-5,7,9-10,15-16,19,22,27-29,31,33-42,48H2,1-2H3,(H,53,54)/b8-6-,13-11-,14-12-,18-17-,21-20-,25-23-,26-24-,32-30-/t43-,44-,45-/m1/s1. The van der Waals surface area contributed by atoms with Crippen molar-refractivity contribution < 1.29 is 47.8 Å². The van der Waals surface area contributed by atoms with Gasteiger partial charge in [-0.2, -0.15) is 0 Å². The molecule has 0 bridgehead atoms. The van der Waals surface area contributed by atoms with E-state index < -0.39 is 44.7 Å². The molecule has 336 valence electrons. The zero-order chi connectivity index (χ0) is 43.5. The van der Waals surface area contributed by atoms with Crippen LogP contribution in [0.15, 0.2) is 97.2 Å². The van der Waals surface area contributed by atoms with Crippen LogP contribution in [0.3, 0.4) is 0 Å². The predicted octanol–water partition coefficient (Wildman–Crippen LogP) is 10.5. The summed E-state index contributed by atoms with van der Waals surface area (Å²) in [5.74, 6) is -1.16. The predicted molar refractivity (Wildman–Crippen MR) is 240 cm³/mol. The number of phosphoric acid groups is 1. The molecule has 11 nitrogen and oxygen atoms in total. The van der Waals surface area contributed by atoms with Crippen molar-refractivity contribution in [1.29, 1.82) is 0 Å². The second-order valence-electron chi connectivity index (χ2n) is 14.1. The van der Waals surface area contributed by atoms with Crippen LogP contribution in [-0.2, 0) is 32.7 Å². The lowest BCUT2D eigenvalue weighted by atomic mass is 10.0. The van der Waals surface area contributed by atoms with Crippen LogP contribution in [0.2, 0.25) is 0 Å². The van der Waals surface area contributed by atoms with E-state index in [1.807, 2.05) is 18.2 Å². The molecule has 1 unspecified atom stereocenters. The van der Waals surface area contributed by atoms with Crippen LogP contribution in [0.25, 0.3) is 0 Å². The first kappa shape index (κ1) is 55.9. The fraction of sp³-hybridized carbons (Fsp3) is 0.617. The lowest BCUT2D eigenvalue weighted by Crippen LogP contribution is -2.30. The first-order chi connectivity index (χ1) is 28.6. The molecule has 0 amide bonds. The highest BCUT2D eigenvalue weighted by Crippen LogP contribution is 2.43. The third-order valence-electron chi connectivity index (χ3n) is 8.65. The SMILES string of the molecule is CC/C=C\C/C=C\C/C=C\C/C=C\C[C@@H](O)[C@H](O)CCCC(=O)O[C@H](COC(=O)CCCCC/C=C\C/C=C\C/C=C\C/C=C\CCCCC)COP(=O)(O)OCCN. The number of carbonyl (C=O) groups excluding carboxylic acids is 2. The number of unbranched alkanes of at least 4 members (excludes halogenated alkanes) is 6. The van der Waals surface area contributed by atoms with Crippen molar-refractivity contribution in [2.24, 2.45) is 5.73 Å². The molecule has 12 heteroatoms. The Kier molecular flexibility index (Phi) is 39.4. The van der Waals surface area contributed by atoms with E-state index in [4.69, 9.17) is 24.3 Å². The Morgan fingerprint density at radius 3 is 1.64 bits per heavy atom. The average molecular weight is 848 g/mol. The Balaban J connectivity index is 4.48. The minimum Gasteiger partial charge on any atom is -0.462 e. The maximum Gasteiger partial charge on any atom is 0.472 e. The summed E-state index contributed by atoms with van der Waals surface area (Å²) in [7, 11) is -4.47. The highest BCUT2D eigenvalue weighted by molar-refractivity contribution is 7.47. The van der Waals surface area contributed by atoms with Gasteiger partial charge in [-0.15, -0.1) is 0 Å². The molecule has 0 saturated carbocycles. The maximum absolute atomic E-state index is 12.6. The van der Waals surface area contributed by atoms with Crippen molar-refractivity contribution in [2.45, 2.75) is 161 Å². The maximum atomic E-state index is 12.6. The normalized spacial score (nSPS) is 15.3. The lowest BCUT2D eigenvalue weighted by Gasteiger charge is -2.20. The first-order valence-corrected chi connectivity index (χ1v) is 23.4. The topological polar surface area (TPSA) is 175 Å². The second kappa shape index (κ2) is 41.6. The number of rotatable bonds is 39. The van der Waals surface area contributed by atoms with E-state index >= 15 is 0 Å². The zero-order valence-electron chi connectivity index (χ0n) is 36.2. The number of phosphoric ester groups is 1. The van der Waals surface area contributed by atoms with Crippen molar-refractivity contribution in [3.63, 3.8) is 0 Å². The molecule has 0 aromatic carbocycles. The van der Waals surface area contributed by atoms with E-state index in [0.717, 1.165) is 64.2 Å². The van der Waals surface area contributed by atoms with Gasteiger partial charge in [0.05, 0.1) is 25.4 Å². The van der Waals surface area contributed by atoms with Gasteiger partial charge < -0.3 is 30.3 Å². The Hall–Kier alpha value is -3.15. The van der Waals surface area contributed by atoms with E-state index in [2.05, 4.69) is 92.8 Å². The minimum atomic E-state index is -4.47. The molecular weight excluding hydrogens is 769 g/mol. The molecule has 0 aliphatic rings. The summed E-state index contributed by atoms with van der Waals surface area (Å²) in [5, 5.41) is 20.7. The molecule has 4 atom stereocenters. The number of hydrogen-bond donors (Lipinski definition) is 4. The van der Waals surface area contributed by atoms with Gasteiger partial charge in [0.25, 0.3) is 0 Å². The molecule has 5 N–H and O–H groups in total. The summed E-state index contributed by atoms with van der Waals surface area (Å²) in [6.07, 6.45) is 46.1. The van der Waals surface area contributed by atoms with Gasteiger partial charge in [0.2, 0.25) is 0 Å². The van der Waals surface area contributed by atoms with E-state index in [1.54, 1.807) is 0 Å². The van der Waals surface area contributed by atoms with E-state index in [9.17, 15) is 29.3 Å². The summed E-state index contributed by atoms with van der Waals surface area (Å²) in [5.41, 5.74) is 5.33. The molecule has 59 heavy (non-hydrogen) atoms. The third-order valence-corrected chi connectivity index (χ3v) is 9.64. The first-order valence-electron chi connectivity index (χ1n) is 21.9. The molecule has 0 spiro atoms. The third kappa shape index (κ3) is 40.0. The quantitative estimate of drug-likeness (QED) is 0.0200. The molecule has 0 saturated heterocycles. The average Bonchev–Trinajstić information content (AvgIpc) is 3.22. The number of allylic oxidation sites excluding steroid dienone is 15. The molecular formula is C47H78NO10P. The van der Waals surface area contributed by atoms with Crippen LogP contribution in [0.5, 0.6) is 0 Å². The second-order valence-corrected chi connectivity index (χ2v) is 15.6. The molecule has 0 rings (SSSR count). The van der Waals surface area contributed by atoms with Gasteiger partial charge in [-0.1, -0.05) is 130 Å². The van der Waals surface area contributed by atoms with Crippen LogP contribution in [0, 0.1) is 0 Å². The van der Waals surface area contributed by atoms with Gasteiger partial charge in [-0.25, -0.2) is 4.57 Å². The number of esters is 2. The number of hydrogen-bond acceptors (Lipinski definition) is 10. The fourth-order valence-corrected chi connectivity index (χ4v) is 6.06.